The number of carboxylic acids is 1. The molecule has 0 unspecified atom stereocenters. The van der Waals surface area contributed by atoms with Crippen molar-refractivity contribution >= 4 is 23.0 Å². The number of ether oxygens (including phenoxy) is 1. The summed E-state index contributed by atoms with van der Waals surface area (Å²) in [6, 6.07) is 5.22. The quantitative estimate of drug-likeness (QED) is 0.815. The van der Waals surface area contributed by atoms with Gasteiger partial charge < -0.3 is 15.6 Å². The molecule has 0 fully saturated rings. The van der Waals surface area contributed by atoms with Gasteiger partial charge in [0.2, 0.25) is 5.01 Å². The predicted molar refractivity (Wildman–Crippen MR) is 65.5 cm³/mol. The summed E-state index contributed by atoms with van der Waals surface area (Å²) in [5, 5.41) is 10.5. The number of rotatable bonds is 3. The Balaban J connectivity index is 2.39. The minimum absolute atomic E-state index is 0.0642. The van der Waals surface area contributed by atoms with Gasteiger partial charge >= 0.3 is 5.97 Å². The molecule has 0 aliphatic carbocycles. The maximum Gasteiger partial charge on any atom is 0.365 e. The van der Waals surface area contributed by atoms with E-state index in [9.17, 15) is 4.79 Å². The lowest BCUT2D eigenvalue weighted by Gasteiger charge is -2.05. The predicted octanol–water partition coefficient (Wildman–Crippen LogP) is 2.10. The van der Waals surface area contributed by atoms with Crippen LogP contribution in [-0.4, -0.2) is 23.2 Å². The number of nitrogens with zero attached hydrogens (tertiary/aromatic N) is 1. The van der Waals surface area contributed by atoms with Crippen LogP contribution in [-0.2, 0) is 0 Å². The number of hydrogen-bond donors (Lipinski definition) is 2. The van der Waals surface area contributed by atoms with Gasteiger partial charge in [0, 0.05) is 10.9 Å². The maximum absolute atomic E-state index is 10.7. The highest BCUT2D eigenvalue weighted by Gasteiger charge is 2.11. The molecule has 3 N–H and O–H groups in total. The Morgan fingerprint density at radius 2 is 2.29 bits per heavy atom. The average molecular weight is 250 g/mol. The number of carboxylic acid groups (broad SMARTS) is 1. The van der Waals surface area contributed by atoms with Crippen molar-refractivity contribution in [1.82, 2.24) is 4.98 Å². The first-order valence-electron chi connectivity index (χ1n) is 4.74. The number of nitrogens with two attached hydrogens (primary N) is 1. The monoisotopic (exact) mass is 250 g/mol. The maximum atomic E-state index is 10.7. The second kappa shape index (κ2) is 4.42. The minimum atomic E-state index is -1.03. The molecule has 1 aromatic carbocycles. The van der Waals surface area contributed by atoms with E-state index in [-0.39, 0.29) is 5.01 Å². The van der Waals surface area contributed by atoms with E-state index in [0.29, 0.717) is 17.1 Å². The zero-order valence-electron chi connectivity index (χ0n) is 9.01. The SMILES string of the molecule is COc1ccc(-c2csc(C(=O)O)n2)cc1N. The third-order valence-electron chi connectivity index (χ3n) is 2.21. The zero-order valence-corrected chi connectivity index (χ0v) is 9.82. The number of methoxy groups -OCH3 is 1. The van der Waals surface area contributed by atoms with Crippen molar-refractivity contribution in [2.75, 3.05) is 12.8 Å². The van der Waals surface area contributed by atoms with Gasteiger partial charge in [-0.2, -0.15) is 0 Å². The van der Waals surface area contributed by atoms with Crippen molar-refractivity contribution in [2.24, 2.45) is 0 Å². The Bertz CT molecular complexity index is 566. The Hall–Kier alpha value is -2.08. The molecule has 0 spiro atoms. The molecule has 0 atom stereocenters. The van der Waals surface area contributed by atoms with E-state index in [1.807, 2.05) is 0 Å². The van der Waals surface area contributed by atoms with Crippen molar-refractivity contribution in [1.29, 1.82) is 0 Å². The number of carbonyl (C=O) groups is 1. The summed E-state index contributed by atoms with van der Waals surface area (Å²) >= 11 is 1.09. The third kappa shape index (κ3) is 2.21. The molecule has 0 saturated heterocycles. The highest BCUT2D eigenvalue weighted by molar-refractivity contribution is 7.11. The normalized spacial score (nSPS) is 10.2. The summed E-state index contributed by atoms with van der Waals surface area (Å²) in [4.78, 5) is 14.7. The highest BCUT2D eigenvalue weighted by atomic mass is 32.1. The van der Waals surface area contributed by atoms with Gasteiger partial charge in [0.05, 0.1) is 18.5 Å². The van der Waals surface area contributed by atoms with Crippen LogP contribution in [0.2, 0.25) is 0 Å². The Kier molecular flexibility index (Phi) is 2.97. The van der Waals surface area contributed by atoms with Crippen LogP contribution in [0.1, 0.15) is 9.80 Å². The van der Waals surface area contributed by atoms with Gasteiger partial charge in [-0.1, -0.05) is 0 Å². The van der Waals surface area contributed by atoms with Crippen LogP contribution in [0, 0.1) is 0 Å². The molecule has 2 rings (SSSR count). The summed E-state index contributed by atoms with van der Waals surface area (Å²) in [6.45, 7) is 0. The van der Waals surface area contributed by atoms with Crippen molar-refractivity contribution in [3.05, 3.63) is 28.6 Å². The van der Waals surface area contributed by atoms with Gasteiger partial charge in [0.1, 0.15) is 5.75 Å². The molecule has 17 heavy (non-hydrogen) atoms. The number of aromatic nitrogens is 1. The van der Waals surface area contributed by atoms with E-state index in [0.717, 1.165) is 16.9 Å². The largest absolute Gasteiger partial charge is 0.495 e. The van der Waals surface area contributed by atoms with E-state index < -0.39 is 5.97 Å². The molecular formula is C11H10N2O3S. The summed E-state index contributed by atoms with van der Waals surface area (Å²) < 4.78 is 5.04. The summed E-state index contributed by atoms with van der Waals surface area (Å²) in [5.74, 6) is -0.440. The molecule has 5 nitrogen and oxygen atoms in total. The molecule has 1 aromatic heterocycles. The summed E-state index contributed by atoms with van der Waals surface area (Å²) in [7, 11) is 1.54. The van der Waals surface area contributed by atoms with Gasteiger partial charge in [-0.15, -0.1) is 11.3 Å². The number of anilines is 1. The first-order chi connectivity index (χ1) is 8.11. The lowest BCUT2D eigenvalue weighted by atomic mass is 10.1. The number of nitrogen functional groups attached to an aromatic ring is 1. The molecule has 2 aromatic rings. The van der Waals surface area contributed by atoms with Crippen molar-refractivity contribution in [3.63, 3.8) is 0 Å². The smallest absolute Gasteiger partial charge is 0.365 e. The molecule has 0 amide bonds. The summed E-state index contributed by atoms with van der Waals surface area (Å²) in [5.41, 5.74) is 7.63. The fourth-order valence-electron chi connectivity index (χ4n) is 1.40. The van der Waals surface area contributed by atoms with E-state index in [2.05, 4.69) is 4.98 Å². The first-order valence-corrected chi connectivity index (χ1v) is 5.62. The fraction of sp³-hybridized carbons (Fsp3) is 0.0909. The van der Waals surface area contributed by atoms with Crippen LogP contribution in [0.3, 0.4) is 0 Å². The Labute approximate surface area is 101 Å². The molecule has 1 heterocycles. The fourth-order valence-corrected chi connectivity index (χ4v) is 2.06. The van der Waals surface area contributed by atoms with Crippen LogP contribution in [0.15, 0.2) is 23.6 Å². The number of thiazole rings is 1. The van der Waals surface area contributed by atoms with E-state index >= 15 is 0 Å². The van der Waals surface area contributed by atoms with Gasteiger partial charge in [-0.05, 0) is 18.2 Å². The topological polar surface area (TPSA) is 85.4 Å². The second-order valence-corrected chi connectivity index (χ2v) is 4.16. The number of hydrogen-bond acceptors (Lipinski definition) is 5. The summed E-state index contributed by atoms with van der Waals surface area (Å²) in [6.07, 6.45) is 0. The minimum Gasteiger partial charge on any atom is -0.495 e. The van der Waals surface area contributed by atoms with Crippen molar-refractivity contribution in [3.8, 4) is 17.0 Å². The van der Waals surface area contributed by atoms with Crippen LogP contribution in [0.4, 0.5) is 5.69 Å². The van der Waals surface area contributed by atoms with Gasteiger partial charge in [-0.25, -0.2) is 9.78 Å². The molecule has 0 aliphatic rings. The molecule has 88 valence electrons. The van der Waals surface area contributed by atoms with Crippen LogP contribution >= 0.6 is 11.3 Å². The van der Waals surface area contributed by atoms with E-state index in [1.165, 1.54) is 7.11 Å². The number of aromatic carboxylic acids is 1. The Morgan fingerprint density at radius 1 is 1.53 bits per heavy atom. The Morgan fingerprint density at radius 3 is 2.82 bits per heavy atom. The molecule has 0 radical (unpaired) electrons. The van der Waals surface area contributed by atoms with Crippen molar-refractivity contribution < 1.29 is 14.6 Å². The van der Waals surface area contributed by atoms with E-state index in [4.69, 9.17) is 15.6 Å². The average Bonchev–Trinajstić information content (AvgIpc) is 2.78. The molecular weight excluding hydrogens is 240 g/mol. The van der Waals surface area contributed by atoms with Gasteiger partial charge in [0.25, 0.3) is 0 Å². The van der Waals surface area contributed by atoms with Crippen LogP contribution in [0.25, 0.3) is 11.3 Å². The second-order valence-electron chi connectivity index (χ2n) is 3.30. The van der Waals surface area contributed by atoms with Gasteiger partial charge in [0.15, 0.2) is 0 Å². The van der Waals surface area contributed by atoms with Crippen LogP contribution < -0.4 is 10.5 Å². The third-order valence-corrected chi connectivity index (χ3v) is 3.04. The lowest BCUT2D eigenvalue weighted by Crippen LogP contribution is -1.95. The molecule has 6 heteroatoms. The standard InChI is InChI=1S/C11H10N2O3S/c1-16-9-3-2-6(4-7(9)12)8-5-17-10(13-8)11(14)15/h2-5H,12H2,1H3,(H,14,15). The lowest BCUT2D eigenvalue weighted by molar-refractivity contribution is 0.0696. The molecule has 0 bridgehead atoms. The zero-order chi connectivity index (χ0) is 12.4. The van der Waals surface area contributed by atoms with E-state index in [1.54, 1.807) is 23.6 Å². The molecule has 0 saturated carbocycles. The molecule has 0 aliphatic heterocycles. The number of benzene rings is 1. The van der Waals surface area contributed by atoms with Gasteiger partial charge in [-0.3, -0.25) is 0 Å². The highest BCUT2D eigenvalue weighted by Crippen LogP contribution is 2.28. The van der Waals surface area contributed by atoms with Crippen LogP contribution in [0.5, 0.6) is 5.75 Å². The first kappa shape index (κ1) is 11.4. The van der Waals surface area contributed by atoms with Crippen molar-refractivity contribution in [2.45, 2.75) is 0 Å².